The molecule has 754 valence electrons. The molecule has 18 heteroatoms. The molecule has 15 aliphatic carbocycles. The Morgan fingerprint density at radius 3 is 0.532 bits per heavy atom. The standard InChI is InChI=1S/C29H48.C27H44O2.C13H20O.2C10H8.C3H8.8C2H6.15Ar/c1-28(24-15-7-3-11-20(24)21-12-4-8-16-25(21)28)19-29(2)26-17-9-5-13-22(26)23-14-6-10-18-27(23)29;28-26(22-13-5-1-9-18(22)19-10-2-6-14-23(19)26)17-27(29)24-15-7-3-11-20(24)21-12-4-8-16-25(21)27;14-13-11-7-3-1-5-9(11)10-6-2-4-8-12(10)13;2*1-2-6-10-8-4-3-7-9(10)5-1;1-3-2;8*1-2;;;;;;;;;;;;;;;/h20-27H,3-19H2,1-2H3;18-25,28-29H,1-17H2;9-12H,1-8H2;2*1-8H;3H2,1-2H3;8*1-2H3;;;;;;;;;;;;;;;. The molecule has 4 aromatic rings. The number of hydrogen-bond donors (Lipinski definition) is 2. The summed E-state index contributed by atoms with van der Waals surface area (Å²) in [6, 6.07) is 33.4. The van der Waals surface area contributed by atoms with Crippen LogP contribution in [0.3, 0.4) is 0 Å². The number of benzene rings is 4. The van der Waals surface area contributed by atoms with Crippen molar-refractivity contribution in [3.05, 3.63) is 97.1 Å². The predicted octanol–water partition coefficient (Wildman–Crippen LogP) is 33.2. The van der Waals surface area contributed by atoms with Gasteiger partial charge in [-0.15, -0.1) is 0 Å². The molecule has 20 atom stereocenters. The van der Waals surface area contributed by atoms with E-state index >= 15 is 0 Å². The van der Waals surface area contributed by atoms with Gasteiger partial charge in [0.05, 0.1) is 11.2 Å². The van der Waals surface area contributed by atoms with E-state index < -0.39 is 11.2 Å². The van der Waals surface area contributed by atoms with Crippen LogP contribution in [0, 0.1) is 695 Å². The van der Waals surface area contributed by atoms with Crippen LogP contribution in [-0.4, -0.2) is 27.2 Å². The maximum absolute atomic E-state index is 12.5. The summed E-state index contributed by atoms with van der Waals surface area (Å²) >= 11 is 0. The van der Waals surface area contributed by atoms with E-state index in [-0.39, 0.29) is 566 Å². The van der Waals surface area contributed by atoms with Crippen LogP contribution < -0.4 is 0 Å². The molecule has 0 bridgehead atoms. The first-order valence-corrected chi connectivity index (χ1v) is 50.3. The average Bonchev–Trinajstić information content (AvgIpc) is 1.55. The van der Waals surface area contributed by atoms with Crippen molar-refractivity contribution in [3.8, 4) is 0 Å². The average molecular weight is 2130 g/mol. The molecule has 126 heavy (non-hydrogen) atoms. The van der Waals surface area contributed by atoms with E-state index in [0.29, 0.717) is 52.1 Å². The number of carbonyl (C=O) groups excluding carboxylic acids is 1. The molecule has 15 aliphatic rings. The summed E-state index contributed by atoms with van der Waals surface area (Å²) < 4.78 is 0. The number of Topliss-reactive ketones (excluding diaryl/α,β-unsaturated/α-hetero) is 1. The van der Waals surface area contributed by atoms with Gasteiger partial charge in [-0.25, -0.2) is 0 Å². The van der Waals surface area contributed by atoms with Crippen molar-refractivity contribution >= 4 is 27.3 Å². The maximum Gasteiger partial charge on any atom is 0.139 e. The van der Waals surface area contributed by atoms with E-state index in [2.05, 4.69) is 125 Å². The summed E-state index contributed by atoms with van der Waals surface area (Å²) in [5.74, 6) is 17.1. The van der Waals surface area contributed by atoms with E-state index in [0.717, 1.165) is 89.3 Å². The third-order valence-corrected chi connectivity index (χ3v) is 32.3. The monoisotopic (exact) mass is 2130 g/mol. The number of rotatable bonds is 4. The third kappa shape index (κ3) is 43.2. The molecule has 0 amide bonds. The fraction of sp³-hybridized carbons (Fsp3) is 0.806. The van der Waals surface area contributed by atoms with Crippen molar-refractivity contribution in [1.82, 2.24) is 0 Å². The molecule has 19 rings (SSSR count). The molecule has 0 heterocycles. The van der Waals surface area contributed by atoms with Crippen molar-refractivity contribution < 1.29 is 581 Å². The summed E-state index contributed by atoms with van der Waals surface area (Å²) in [4.78, 5) is 12.2. The molecule has 2 N–H and O–H groups in total. The molecule has 20 unspecified atom stereocenters. The SMILES string of the molecule is CC.CC.CC.CC.CC.CC.CC.CC.CC1(CC2(C)C3CCCCC3C3CCCCC32)C2CCCCC2C2CCCCC21.CCC.O=C1C2CCCCC2C2CCCCC12.OC1(CC2(O)C3CCCCC3C3CCCCC32)C2CCCCC2C2CCCCC21.[Ar].[Ar].[Ar].[Ar].[Ar].[Ar].[Ar].[Ar].[Ar].[Ar].[Ar].[Ar].[Ar].[Ar].[Ar].c1ccc2ccccc2c1.c1ccc2ccccc2c1. The minimum absolute atomic E-state index is 0. The van der Waals surface area contributed by atoms with Gasteiger partial charge >= 0.3 is 0 Å². The minimum Gasteiger partial charge on any atom is -0.389 e. The quantitative estimate of drug-likeness (QED) is 0.214. The second-order valence-corrected chi connectivity index (χ2v) is 36.7. The van der Waals surface area contributed by atoms with E-state index in [4.69, 9.17) is 0 Å². The van der Waals surface area contributed by atoms with Gasteiger partial charge in [0.15, 0.2) is 0 Å². The number of aliphatic hydroxyl groups is 2. The fourth-order valence-corrected chi connectivity index (χ4v) is 29.1. The maximum atomic E-state index is 12.5. The van der Waals surface area contributed by atoms with Crippen molar-refractivity contribution in [3.63, 3.8) is 0 Å². The zero-order valence-corrected chi connectivity index (χ0v) is 92.9. The first kappa shape index (κ1) is 162. The van der Waals surface area contributed by atoms with Gasteiger partial charge in [0.2, 0.25) is 0 Å². The van der Waals surface area contributed by atoms with Crippen molar-refractivity contribution in [1.29, 1.82) is 0 Å². The van der Waals surface area contributed by atoms with Crippen molar-refractivity contribution in [2.75, 3.05) is 0 Å². The molecule has 0 radical (unpaired) electrons. The number of fused-ring (bicyclic) bond motifs is 17. The van der Waals surface area contributed by atoms with Crippen LogP contribution in [-0.2, 0) is 4.79 Å². The van der Waals surface area contributed by atoms with Crippen LogP contribution in [0.1, 0.15) is 415 Å². The fourth-order valence-electron chi connectivity index (χ4n) is 29.1. The van der Waals surface area contributed by atoms with Crippen LogP contribution in [0.25, 0.3) is 21.5 Å². The van der Waals surface area contributed by atoms with Gasteiger partial charge < -0.3 is 10.2 Å². The van der Waals surface area contributed by atoms with Crippen LogP contribution in [0.15, 0.2) is 97.1 Å². The van der Waals surface area contributed by atoms with E-state index in [9.17, 15) is 15.0 Å². The Hall–Kier alpha value is 15.9. The summed E-state index contributed by atoms with van der Waals surface area (Å²) in [5, 5.41) is 30.3. The molecule has 0 aromatic heterocycles. The Labute approximate surface area is 1230 Å². The Balaban J connectivity index is -0.000000162. The van der Waals surface area contributed by atoms with Crippen molar-refractivity contribution in [2.45, 2.75) is 426 Å². The van der Waals surface area contributed by atoms with E-state index in [1.54, 1.807) is 109 Å². The Bertz CT molecular complexity index is 2620. The molecule has 0 spiro atoms. The van der Waals surface area contributed by atoms with Crippen molar-refractivity contribution in [2.24, 2.45) is 129 Å². The van der Waals surface area contributed by atoms with Gasteiger partial charge in [0, 0.05) is 584 Å². The molecule has 0 aliphatic heterocycles. The normalized spacial score (nSPS) is 33.6. The molecular formula is C108H184Ar15O3. The number of carbonyl (C=O) groups is 1. The van der Waals surface area contributed by atoms with Gasteiger partial charge in [-0.1, -0.05) is 370 Å². The zero-order chi connectivity index (χ0) is 81.2. The molecule has 15 fully saturated rings. The zero-order valence-electron chi connectivity index (χ0n) is 82.3. The van der Waals surface area contributed by atoms with Gasteiger partial charge in [0.1, 0.15) is 5.78 Å². The van der Waals surface area contributed by atoms with Crippen LogP contribution in [0.2, 0.25) is 0 Å². The Morgan fingerprint density at radius 1 is 0.222 bits per heavy atom. The second kappa shape index (κ2) is 91.2. The molecular weight excluding hydrogens is 1940 g/mol. The summed E-state index contributed by atoms with van der Waals surface area (Å²) in [6.07, 6.45) is 60.3. The predicted molar refractivity (Wildman–Crippen MR) is 489 cm³/mol. The third-order valence-electron chi connectivity index (χ3n) is 32.3. The summed E-state index contributed by atoms with van der Waals surface area (Å²) in [5.41, 5.74) is 0.219. The van der Waals surface area contributed by atoms with Gasteiger partial charge in [-0.05, 0) is 274 Å². The summed E-state index contributed by atoms with van der Waals surface area (Å²) in [7, 11) is 0. The second-order valence-electron chi connectivity index (χ2n) is 36.7. The molecule has 15 saturated carbocycles. The van der Waals surface area contributed by atoms with Gasteiger partial charge in [-0.3, -0.25) is 4.79 Å². The van der Waals surface area contributed by atoms with Gasteiger partial charge in [-0.2, -0.15) is 0 Å². The first-order valence-electron chi connectivity index (χ1n) is 50.3. The largest absolute Gasteiger partial charge is 0.389 e. The molecule has 4 aromatic carbocycles. The summed E-state index contributed by atoms with van der Waals surface area (Å²) in [6.45, 7) is 42.0. The first-order chi connectivity index (χ1) is 54.5. The van der Waals surface area contributed by atoms with Crippen LogP contribution >= 0.6 is 0 Å². The number of ketones is 1. The minimum atomic E-state index is -0.570. The smallest absolute Gasteiger partial charge is 0.139 e. The Kier molecular flexibility index (Phi) is 117. The van der Waals surface area contributed by atoms with Crippen LogP contribution in [0.4, 0.5) is 0 Å². The van der Waals surface area contributed by atoms with Gasteiger partial charge in [0.25, 0.3) is 0 Å². The Morgan fingerprint density at radius 2 is 0.357 bits per heavy atom. The topological polar surface area (TPSA) is 57.5 Å². The molecule has 3 nitrogen and oxygen atoms in total. The van der Waals surface area contributed by atoms with Crippen LogP contribution in [0.5, 0.6) is 0 Å². The van der Waals surface area contributed by atoms with E-state index in [1.807, 2.05) is 111 Å². The molecule has 0 saturated heterocycles. The number of hydrogen-bond acceptors (Lipinski definition) is 3. The van der Waals surface area contributed by atoms with E-state index in [1.165, 1.54) is 182 Å².